The van der Waals surface area contributed by atoms with E-state index in [-0.39, 0.29) is 5.91 Å². The van der Waals surface area contributed by atoms with Gasteiger partial charge in [0.1, 0.15) is 5.02 Å². The summed E-state index contributed by atoms with van der Waals surface area (Å²) in [5.41, 5.74) is 2.98. The third-order valence-corrected chi connectivity index (χ3v) is 4.29. The number of hydrogen-bond acceptors (Lipinski definition) is 6. The van der Waals surface area contributed by atoms with Crippen molar-refractivity contribution in [3.63, 3.8) is 0 Å². The summed E-state index contributed by atoms with van der Waals surface area (Å²) < 4.78 is 31.7. The van der Waals surface area contributed by atoms with Crippen molar-refractivity contribution < 1.29 is 27.9 Å². The molecule has 1 aliphatic heterocycles. The van der Waals surface area contributed by atoms with Crippen molar-refractivity contribution >= 4 is 46.6 Å². The highest BCUT2D eigenvalue weighted by Gasteiger charge is 2.38. The van der Waals surface area contributed by atoms with Crippen LogP contribution in [0.2, 0.25) is 5.02 Å². The Bertz CT molecular complexity index is 1160. The molecule has 0 saturated carbocycles. The number of anilines is 4. The number of carboxylic acid groups (broad SMARTS) is 1. The number of aromatic nitrogens is 2. The van der Waals surface area contributed by atoms with Gasteiger partial charge in [-0.25, -0.2) is 9.78 Å². The molecule has 12 heteroatoms. The van der Waals surface area contributed by atoms with Gasteiger partial charge in [-0.1, -0.05) is 29.8 Å². The maximum absolute atomic E-state index is 12.5. The molecule has 0 aliphatic carbocycles. The largest absolute Gasteiger partial charge is 0.490 e. The molecule has 6 bridgehead atoms. The normalized spacial score (nSPS) is 12.7. The van der Waals surface area contributed by atoms with E-state index >= 15 is 0 Å². The highest BCUT2D eigenvalue weighted by atomic mass is 35.5. The molecular weight excluding hydrogens is 451 g/mol. The average molecular weight is 466 g/mol. The van der Waals surface area contributed by atoms with Crippen LogP contribution in [0.3, 0.4) is 0 Å². The number of halogens is 4. The van der Waals surface area contributed by atoms with Crippen LogP contribution in [0.5, 0.6) is 0 Å². The molecule has 1 aliphatic rings. The Hall–Kier alpha value is -3.86. The Morgan fingerprint density at radius 3 is 2.41 bits per heavy atom. The molecule has 32 heavy (non-hydrogen) atoms. The zero-order chi connectivity index (χ0) is 23.3. The van der Waals surface area contributed by atoms with Gasteiger partial charge >= 0.3 is 12.1 Å². The molecule has 1 aromatic heterocycles. The van der Waals surface area contributed by atoms with E-state index in [1.165, 1.54) is 6.20 Å². The van der Waals surface area contributed by atoms with Crippen molar-refractivity contribution in [2.75, 3.05) is 16.0 Å². The zero-order valence-corrected chi connectivity index (χ0v) is 16.8. The Morgan fingerprint density at radius 2 is 1.72 bits per heavy atom. The van der Waals surface area contributed by atoms with Crippen LogP contribution in [0.4, 0.5) is 36.3 Å². The Balaban J connectivity index is 0.000000360. The van der Waals surface area contributed by atoms with Gasteiger partial charge in [-0.2, -0.15) is 18.2 Å². The van der Waals surface area contributed by atoms with Crippen LogP contribution in [0.25, 0.3) is 0 Å². The van der Waals surface area contributed by atoms with Gasteiger partial charge in [0.15, 0.2) is 5.82 Å². The monoisotopic (exact) mass is 465 g/mol. The SMILES string of the molecule is O=C(O)C(F)(F)F.O=C1Nc2cccc(c2)CNc2nc(ncc2Cl)Nc2cccc1c2. The average Bonchev–Trinajstić information content (AvgIpc) is 2.74. The molecule has 166 valence electrons. The first-order valence-corrected chi connectivity index (χ1v) is 9.33. The maximum atomic E-state index is 12.5. The lowest BCUT2D eigenvalue weighted by atomic mass is 10.1. The molecule has 0 fully saturated rings. The summed E-state index contributed by atoms with van der Waals surface area (Å²) in [6.45, 7) is 0.519. The van der Waals surface area contributed by atoms with Gasteiger partial charge in [0, 0.05) is 23.5 Å². The summed E-state index contributed by atoms with van der Waals surface area (Å²) in [5, 5.41) is 16.8. The number of nitrogens with one attached hydrogen (secondary N) is 3. The number of amides is 1. The molecule has 4 rings (SSSR count). The molecule has 2 aromatic carbocycles. The quantitative estimate of drug-likeness (QED) is 0.381. The van der Waals surface area contributed by atoms with E-state index in [1.807, 2.05) is 30.3 Å². The summed E-state index contributed by atoms with van der Waals surface area (Å²) in [4.78, 5) is 30.0. The number of nitrogens with zero attached hydrogens (tertiary/aromatic N) is 2. The van der Waals surface area contributed by atoms with E-state index in [2.05, 4.69) is 25.9 Å². The fourth-order valence-electron chi connectivity index (χ4n) is 2.57. The van der Waals surface area contributed by atoms with Crippen LogP contribution in [-0.2, 0) is 11.3 Å². The second kappa shape index (κ2) is 9.52. The number of fused-ring (bicyclic) bond motifs is 6. The Morgan fingerprint density at radius 1 is 1.06 bits per heavy atom. The van der Waals surface area contributed by atoms with Crippen molar-refractivity contribution in [2.45, 2.75) is 12.7 Å². The van der Waals surface area contributed by atoms with Crippen molar-refractivity contribution in [1.29, 1.82) is 0 Å². The summed E-state index contributed by atoms with van der Waals surface area (Å²) in [7, 11) is 0. The lowest BCUT2D eigenvalue weighted by Gasteiger charge is -2.13. The molecule has 2 heterocycles. The number of rotatable bonds is 0. The first-order valence-electron chi connectivity index (χ1n) is 8.96. The fraction of sp³-hybridized carbons (Fsp3) is 0.100. The molecule has 3 aromatic rings. The van der Waals surface area contributed by atoms with Crippen LogP contribution < -0.4 is 16.0 Å². The van der Waals surface area contributed by atoms with E-state index in [0.29, 0.717) is 34.6 Å². The minimum Gasteiger partial charge on any atom is -0.475 e. The predicted molar refractivity (Wildman–Crippen MR) is 112 cm³/mol. The van der Waals surface area contributed by atoms with E-state index in [9.17, 15) is 18.0 Å². The number of carboxylic acids is 1. The molecule has 8 nitrogen and oxygen atoms in total. The first-order chi connectivity index (χ1) is 15.1. The van der Waals surface area contributed by atoms with Gasteiger partial charge in [-0.05, 0) is 35.9 Å². The predicted octanol–water partition coefficient (Wildman–Crippen LogP) is 4.68. The van der Waals surface area contributed by atoms with Gasteiger partial charge in [-0.3, -0.25) is 4.79 Å². The van der Waals surface area contributed by atoms with Gasteiger partial charge in [0.05, 0.1) is 6.20 Å². The molecule has 1 amide bonds. The summed E-state index contributed by atoms with van der Waals surface area (Å²) >= 11 is 6.18. The summed E-state index contributed by atoms with van der Waals surface area (Å²) in [5.74, 6) is -1.99. The van der Waals surface area contributed by atoms with Gasteiger partial charge in [0.25, 0.3) is 5.91 Å². The van der Waals surface area contributed by atoms with Crippen molar-refractivity contribution in [1.82, 2.24) is 9.97 Å². The molecule has 4 N–H and O–H groups in total. The topological polar surface area (TPSA) is 116 Å². The molecule has 0 spiro atoms. The zero-order valence-electron chi connectivity index (χ0n) is 16.1. The smallest absolute Gasteiger partial charge is 0.475 e. The van der Waals surface area contributed by atoms with Crippen molar-refractivity contribution in [2.24, 2.45) is 0 Å². The van der Waals surface area contributed by atoms with Gasteiger partial charge in [-0.15, -0.1) is 0 Å². The number of benzene rings is 2. The van der Waals surface area contributed by atoms with Gasteiger partial charge < -0.3 is 21.1 Å². The number of carbonyl (C=O) groups is 2. The minimum absolute atomic E-state index is 0.177. The summed E-state index contributed by atoms with van der Waals surface area (Å²) in [6, 6.07) is 14.8. The van der Waals surface area contributed by atoms with Crippen LogP contribution in [0, 0.1) is 0 Å². The third-order valence-electron chi connectivity index (χ3n) is 4.01. The van der Waals surface area contributed by atoms with Crippen LogP contribution >= 0.6 is 11.6 Å². The van der Waals surface area contributed by atoms with E-state index in [4.69, 9.17) is 21.5 Å². The molecule has 0 unspecified atom stereocenters. The van der Waals surface area contributed by atoms with E-state index in [1.54, 1.807) is 18.2 Å². The first kappa shape index (κ1) is 22.8. The number of hydrogen-bond donors (Lipinski definition) is 4. The second-order valence-electron chi connectivity index (χ2n) is 6.41. The summed E-state index contributed by atoms with van der Waals surface area (Å²) in [6.07, 6.45) is -3.54. The Kier molecular flexibility index (Phi) is 6.79. The Labute approximate surface area is 184 Å². The molecule has 0 atom stereocenters. The number of carbonyl (C=O) groups excluding carboxylic acids is 1. The highest BCUT2D eigenvalue weighted by molar-refractivity contribution is 6.32. The molecule has 0 radical (unpaired) electrons. The number of alkyl halides is 3. The lowest BCUT2D eigenvalue weighted by molar-refractivity contribution is -0.192. The van der Waals surface area contributed by atoms with Crippen LogP contribution in [0.1, 0.15) is 15.9 Å². The van der Waals surface area contributed by atoms with Gasteiger partial charge in [0.2, 0.25) is 5.95 Å². The van der Waals surface area contributed by atoms with E-state index < -0.39 is 12.1 Å². The maximum Gasteiger partial charge on any atom is 0.490 e. The second-order valence-corrected chi connectivity index (χ2v) is 6.81. The minimum atomic E-state index is -5.08. The van der Waals surface area contributed by atoms with Crippen LogP contribution in [-0.4, -0.2) is 33.1 Å². The van der Waals surface area contributed by atoms with Crippen LogP contribution in [0.15, 0.2) is 54.7 Å². The molecular formula is C20H15ClF3N5O3. The third kappa shape index (κ3) is 6.08. The highest BCUT2D eigenvalue weighted by Crippen LogP contribution is 2.24. The lowest BCUT2D eigenvalue weighted by Crippen LogP contribution is -2.21. The fourth-order valence-corrected chi connectivity index (χ4v) is 2.72. The van der Waals surface area contributed by atoms with Crippen molar-refractivity contribution in [3.05, 3.63) is 70.9 Å². The number of aliphatic carboxylic acids is 1. The van der Waals surface area contributed by atoms with E-state index in [0.717, 1.165) is 11.3 Å². The van der Waals surface area contributed by atoms with Crippen molar-refractivity contribution in [3.8, 4) is 0 Å². The standard InChI is InChI=1S/C18H14ClN5O.C2HF3O2/c19-15-10-21-18-23-14-6-2-4-12(8-14)17(25)22-13-5-1-3-11(7-13)9-20-16(15)24-18;3-2(4,5)1(6)7/h1-8,10H,9H2,(H,22,25)(H2,20,21,23,24);(H,6,7). The molecule has 0 saturated heterocycles.